The number of hydrogen-bond donors (Lipinski definition) is 1. The van der Waals surface area contributed by atoms with E-state index in [0.29, 0.717) is 13.0 Å². The summed E-state index contributed by atoms with van der Waals surface area (Å²) in [6.45, 7) is 4.21. The molecular formula is C15H27NO4S. The van der Waals surface area contributed by atoms with E-state index in [1.807, 2.05) is 13.8 Å². The zero-order valence-electron chi connectivity index (χ0n) is 13.0. The maximum absolute atomic E-state index is 12.6. The van der Waals surface area contributed by atoms with Gasteiger partial charge in [0.05, 0.1) is 11.2 Å². The average molecular weight is 317 g/mol. The Labute approximate surface area is 127 Å². The topological polar surface area (TPSA) is 74.7 Å². The van der Waals surface area contributed by atoms with Crippen LogP contribution in [0.25, 0.3) is 0 Å². The van der Waals surface area contributed by atoms with Gasteiger partial charge in [-0.05, 0) is 31.1 Å². The average Bonchev–Trinajstić information content (AvgIpc) is 2.86. The number of carbonyl (C=O) groups is 1. The van der Waals surface area contributed by atoms with Crippen LogP contribution < -0.4 is 0 Å². The molecule has 5 nitrogen and oxygen atoms in total. The lowest BCUT2D eigenvalue weighted by atomic mass is 9.77. The van der Waals surface area contributed by atoms with Crippen molar-refractivity contribution < 1.29 is 18.3 Å². The summed E-state index contributed by atoms with van der Waals surface area (Å²) in [5.41, 5.74) is -0.917. The Morgan fingerprint density at radius 1 is 1.29 bits per heavy atom. The van der Waals surface area contributed by atoms with Gasteiger partial charge in [-0.15, -0.1) is 0 Å². The molecule has 2 rings (SSSR count). The van der Waals surface area contributed by atoms with E-state index in [0.717, 1.165) is 25.7 Å². The van der Waals surface area contributed by atoms with Gasteiger partial charge in [0, 0.05) is 13.1 Å². The van der Waals surface area contributed by atoms with Crippen LogP contribution in [0.4, 0.5) is 0 Å². The lowest BCUT2D eigenvalue weighted by molar-refractivity contribution is -0.150. The van der Waals surface area contributed by atoms with E-state index < -0.39 is 21.4 Å². The third-order valence-corrected chi connectivity index (χ3v) is 7.35. The standard InChI is InChI=1S/C15H27NO4S/c1-12(2)15(14(17)18)8-9-16(11-15)21(19,20)10-13-6-4-3-5-7-13/h12-13H,3-11H2,1-2H3,(H,17,18). The monoisotopic (exact) mass is 317 g/mol. The number of carboxylic acid groups (broad SMARTS) is 1. The molecule has 122 valence electrons. The van der Waals surface area contributed by atoms with Crippen LogP contribution in [0.2, 0.25) is 0 Å². The molecule has 0 bridgehead atoms. The lowest BCUT2D eigenvalue weighted by Gasteiger charge is -2.29. The van der Waals surface area contributed by atoms with E-state index in [9.17, 15) is 18.3 Å². The zero-order chi connectivity index (χ0) is 15.7. The number of rotatable bonds is 5. The summed E-state index contributed by atoms with van der Waals surface area (Å²) in [7, 11) is -3.33. The highest BCUT2D eigenvalue weighted by atomic mass is 32.2. The first-order chi connectivity index (χ1) is 9.78. The largest absolute Gasteiger partial charge is 0.481 e. The first-order valence-electron chi connectivity index (χ1n) is 7.99. The summed E-state index contributed by atoms with van der Waals surface area (Å²) in [5.74, 6) is -0.485. The van der Waals surface area contributed by atoms with Crippen molar-refractivity contribution in [3.8, 4) is 0 Å². The second-order valence-corrected chi connectivity index (χ2v) is 9.00. The molecule has 1 saturated carbocycles. The van der Waals surface area contributed by atoms with Crippen LogP contribution in [0.1, 0.15) is 52.4 Å². The Balaban J connectivity index is 2.06. The SMILES string of the molecule is CC(C)C1(C(=O)O)CCN(S(=O)(=O)CC2CCCCC2)C1. The van der Waals surface area contributed by atoms with Gasteiger partial charge in [-0.25, -0.2) is 12.7 Å². The predicted octanol–water partition coefficient (Wildman–Crippen LogP) is 2.33. The maximum atomic E-state index is 12.6. The molecule has 1 N–H and O–H groups in total. The van der Waals surface area contributed by atoms with Gasteiger partial charge >= 0.3 is 5.97 Å². The van der Waals surface area contributed by atoms with Crippen LogP contribution in [0.3, 0.4) is 0 Å². The van der Waals surface area contributed by atoms with E-state index in [1.165, 1.54) is 10.7 Å². The molecule has 0 amide bonds. The number of aliphatic carboxylic acids is 1. The van der Waals surface area contributed by atoms with Gasteiger partial charge in [0.25, 0.3) is 0 Å². The van der Waals surface area contributed by atoms with Crippen molar-refractivity contribution in [3.05, 3.63) is 0 Å². The highest BCUT2D eigenvalue weighted by Crippen LogP contribution is 2.40. The molecule has 2 aliphatic rings. The summed E-state index contributed by atoms with van der Waals surface area (Å²) in [6, 6.07) is 0. The normalized spacial score (nSPS) is 29.1. The summed E-state index contributed by atoms with van der Waals surface area (Å²) >= 11 is 0. The molecule has 0 aromatic carbocycles. The lowest BCUT2D eigenvalue weighted by Crippen LogP contribution is -2.41. The minimum absolute atomic E-state index is 0.0649. The van der Waals surface area contributed by atoms with Gasteiger partial charge in [0.15, 0.2) is 0 Å². The quantitative estimate of drug-likeness (QED) is 0.844. The molecule has 0 aromatic rings. The van der Waals surface area contributed by atoms with E-state index in [-0.39, 0.29) is 24.1 Å². The van der Waals surface area contributed by atoms with Crippen LogP contribution in [0.5, 0.6) is 0 Å². The second-order valence-electron chi connectivity index (χ2n) is 6.98. The fourth-order valence-electron chi connectivity index (χ4n) is 3.68. The Kier molecular flexibility index (Phi) is 4.98. The molecule has 1 unspecified atom stereocenters. The van der Waals surface area contributed by atoms with Crippen molar-refractivity contribution >= 4 is 16.0 Å². The third-order valence-electron chi connectivity index (χ3n) is 5.36. The molecule has 0 spiro atoms. The molecule has 1 heterocycles. The number of nitrogens with zero attached hydrogens (tertiary/aromatic N) is 1. The Morgan fingerprint density at radius 3 is 2.38 bits per heavy atom. The summed E-state index contributed by atoms with van der Waals surface area (Å²) < 4.78 is 26.6. The molecule has 6 heteroatoms. The van der Waals surface area contributed by atoms with E-state index in [1.54, 1.807) is 0 Å². The van der Waals surface area contributed by atoms with Crippen molar-refractivity contribution in [2.75, 3.05) is 18.8 Å². The van der Waals surface area contributed by atoms with Crippen molar-refractivity contribution in [3.63, 3.8) is 0 Å². The number of hydrogen-bond acceptors (Lipinski definition) is 3. The van der Waals surface area contributed by atoms with Crippen molar-refractivity contribution in [1.82, 2.24) is 4.31 Å². The molecule has 1 atom stereocenters. The molecule has 1 aliphatic carbocycles. The Morgan fingerprint density at radius 2 is 1.90 bits per heavy atom. The van der Waals surface area contributed by atoms with Gasteiger partial charge in [0.1, 0.15) is 0 Å². The van der Waals surface area contributed by atoms with Crippen LogP contribution >= 0.6 is 0 Å². The van der Waals surface area contributed by atoms with Crippen molar-refractivity contribution in [2.45, 2.75) is 52.4 Å². The highest BCUT2D eigenvalue weighted by Gasteiger charge is 2.50. The molecule has 2 fully saturated rings. The summed E-state index contributed by atoms with van der Waals surface area (Å²) in [5, 5.41) is 9.52. The number of carboxylic acids is 1. The maximum Gasteiger partial charge on any atom is 0.311 e. The van der Waals surface area contributed by atoms with Crippen LogP contribution in [0.15, 0.2) is 0 Å². The van der Waals surface area contributed by atoms with Gasteiger partial charge < -0.3 is 5.11 Å². The molecule has 0 radical (unpaired) electrons. The van der Waals surface area contributed by atoms with Gasteiger partial charge in [-0.1, -0.05) is 33.1 Å². The number of sulfonamides is 1. The molecular weight excluding hydrogens is 290 g/mol. The summed E-state index contributed by atoms with van der Waals surface area (Å²) in [6.07, 6.45) is 5.83. The molecule has 1 saturated heterocycles. The zero-order valence-corrected chi connectivity index (χ0v) is 13.9. The van der Waals surface area contributed by atoms with E-state index in [4.69, 9.17) is 0 Å². The van der Waals surface area contributed by atoms with E-state index in [2.05, 4.69) is 0 Å². The van der Waals surface area contributed by atoms with Gasteiger partial charge in [0.2, 0.25) is 10.0 Å². The Hall–Kier alpha value is -0.620. The molecule has 1 aliphatic heterocycles. The molecule has 21 heavy (non-hydrogen) atoms. The van der Waals surface area contributed by atoms with Gasteiger partial charge in [-0.2, -0.15) is 0 Å². The van der Waals surface area contributed by atoms with Crippen molar-refractivity contribution in [2.24, 2.45) is 17.3 Å². The summed E-state index contributed by atoms with van der Waals surface area (Å²) in [4.78, 5) is 11.6. The Bertz CT molecular complexity index is 482. The second kappa shape index (κ2) is 6.24. The van der Waals surface area contributed by atoms with Crippen molar-refractivity contribution in [1.29, 1.82) is 0 Å². The highest BCUT2D eigenvalue weighted by molar-refractivity contribution is 7.89. The predicted molar refractivity (Wildman–Crippen MR) is 81.5 cm³/mol. The van der Waals surface area contributed by atoms with Crippen LogP contribution in [-0.2, 0) is 14.8 Å². The fraction of sp³-hybridized carbons (Fsp3) is 0.933. The molecule has 0 aromatic heterocycles. The van der Waals surface area contributed by atoms with Crippen LogP contribution in [-0.4, -0.2) is 42.6 Å². The first-order valence-corrected chi connectivity index (χ1v) is 9.60. The minimum atomic E-state index is -3.33. The van der Waals surface area contributed by atoms with Gasteiger partial charge in [-0.3, -0.25) is 4.79 Å². The van der Waals surface area contributed by atoms with E-state index >= 15 is 0 Å². The first kappa shape index (κ1) is 16.7. The fourth-order valence-corrected chi connectivity index (χ4v) is 5.62. The smallest absolute Gasteiger partial charge is 0.311 e. The minimum Gasteiger partial charge on any atom is -0.481 e. The third kappa shape index (κ3) is 3.42. The van der Waals surface area contributed by atoms with Crippen LogP contribution in [0, 0.1) is 17.3 Å².